The Morgan fingerprint density at radius 2 is 2.00 bits per heavy atom. The number of hydrogen-bond acceptors (Lipinski definition) is 3. The fourth-order valence-electron chi connectivity index (χ4n) is 2.58. The molecular weight excluding hydrogens is 236 g/mol. The summed E-state index contributed by atoms with van der Waals surface area (Å²) in [6, 6.07) is 10.8. The molecule has 4 rings (SSSR count). The first-order valence-corrected chi connectivity index (χ1v) is 6.51. The van der Waals surface area contributed by atoms with Crippen molar-refractivity contribution in [1.29, 1.82) is 0 Å². The number of benzene rings is 1. The van der Waals surface area contributed by atoms with E-state index in [4.69, 9.17) is 0 Å². The molecule has 1 N–H and O–H groups in total. The molecule has 0 aliphatic carbocycles. The molecule has 4 nitrogen and oxygen atoms in total. The predicted octanol–water partition coefficient (Wildman–Crippen LogP) is 2.24. The molecular formula is C15H14N4. The average molecular weight is 250 g/mol. The lowest BCUT2D eigenvalue weighted by Gasteiger charge is -2.29. The summed E-state index contributed by atoms with van der Waals surface area (Å²) in [5.41, 5.74) is 2.17. The van der Waals surface area contributed by atoms with Gasteiger partial charge in [-0.15, -0.1) is 0 Å². The number of rotatable bonds is 2. The zero-order valence-electron chi connectivity index (χ0n) is 10.5. The SMILES string of the molecule is c1cc(-c2nccn2C2CNC2)c2cccnc2c1. The van der Waals surface area contributed by atoms with E-state index >= 15 is 0 Å². The van der Waals surface area contributed by atoms with E-state index in [2.05, 4.69) is 38.2 Å². The Kier molecular flexibility index (Phi) is 2.35. The second-order valence-corrected chi connectivity index (χ2v) is 4.85. The van der Waals surface area contributed by atoms with Crippen molar-refractivity contribution >= 4 is 10.9 Å². The fraction of sp³-hybridized carbons (Fsp3) is 0.200. The van der Waals surface area contributed by atoms with Gasteiger partial charge in [0, 0.05) is 42.6 Å². The van der Waals surface area contributed by atoms with Crippen molar-refractivity contribution < 1.29 is 0 Å². The number of hydrogen-bond donors (Lipinski definition) is 1. The average Bonchev–Trinajstić information content (AvgIpc) is 2.85. The number of aromatic nitrogens is 3. The summed E-state index contributed by atoms with van der Waals surface area (Å²) in [4.78, 5) is 8.96. The minimum Gasteiger partial charge on any atom is -0.325 e. The number of fused-ring (bicyclic) bond motifs is 1. The first-order valence-electron chi connectivity index (χ1n) is 6.51. The van der Waals surface area contributed by atoms with Gasteiger partial charge >= 0.3 is 0 Å². The molecule has 0 bridgehead atoms. The van der Waals surface area contributed by atoms with Gasteiger partial charge in [0.2, 0.25) is 0 Å². The van der Waals surface area contributed by atoms with E-state index in [1.54, 1.807) is 0 Å². The van der Waals surface area contributed by atoms with Crippen molar-refractivity contribution in [2.45, 2.75) is 6.04 Å². The van der Waals surface area contributed by atoms with Crippen LogP contribution in [0.2, 0.25) is 0 Å². The van der Waals surface area contributed by atoms with Gasteiger partial charge < -0.3 is 9.88 Å². The van der Waals surface area contributed by atoms with Crippen LogP contribution in [0.5, 0.6) is 0 Å². The standard InChI is InChI=1S/C15H14N4/c1-3-13(12-4-2-6-17-14(12)5-1)15-18-7-8-19(15)11-9-16-10-11/h1-8,11,16H,9-10H2. The van der Waals surface area contributed by atoms with Crippen LogP contribution in [0.1, 0.15) is 6.04 Å². The van der Waals surface area contributed by atoms with E-state index in [9.17, 15) is 0 Å². The van der Waals surface area contributed by atoms with Crippen LogP contribution in [-0.4, -0.2) is 27.6 Å². The maximum atomic E-state index is 4.55. The van der Waals surface area contributed by atoms with Gasteiger partial charge in [0.25, 0.3) is 0 Å². The molecule has 0 spiro atoms. The van der Waals surface area contributed by atoms with Crippen LogP contribution < -0.4 is 5.32 Å². The molecule has 0 atom stereocenters. The highest BCUT2D eigenvalue weighted by molar-refractivity contribution is 5.92. The Morgan fingerprint density at radius 3 is 2.84 bits per heavy atom. The molecule has 0 unspecified atom stereocenters. The zero-order chi connectivity index (χ0) is 12.7. The van der Waals surface area contributed by atoms with Crippen LogP contribution in [-0.2, 0) is 0 Å². The van der Waals surface area contributed by atoms with Gasteiger partial charge in [-0.3, -0.25) is 4.98 Å². The second-order valence-electron chi connectivity index (χ2n) is 4.85. The third-order valence-corrected chi connectivity index (χ3v) is 3.71. The van der Waals surface area contributed by atoms with Gasteiger partial charge in [0.1, 0.15) is 5.82 Å². The van der Waals surface area contributed by atoms with Crippen LogP contribution in [0.25, 0.3) is 22.3 Å². The highest BCUT2D eigenvalue weighted by Gasteiger charge is 2.22. The molecule has 0 radical (unpaired) electrons. The molecule has 4 heteroatoms. The first-order chi connectivity index (χ1) is 9.43. The molecule has 0 saturated carbocycles. The monoisotopic (exact) mass is 250 g/mol. The number of nitrogens with one attached hydrogen (secondary N) is 1. The highest BCUT2D eigenvalue weighted by atomic mass is 15.2. The molecule has 19 heavy (non-hydrogen) atoms. The maximum absolute atomic E-state index is 4.55. The third-order valence-electron chi connectivity index (χ3n) is 3.71. The zero-order valence-corrected chi connectivity index (χ0v) is 10.5. The second kappa shape index (κ2) is 4.17. The molecule has 1 saturated heterocycles. The normalized spacial score (nSPS) is 15.6. The minimum absolute atomic E-state index is 0.518. The lowest BCUT2D eigenvalue weighted by atomic mass is 10.1. The Hall–Kier alpha value is -2.20. The largest absolute Gasteiger partial charge is 0.325 e. The van der Waals surface area contributed by atoms with Gasteiger partial charge in [-0.1, -0.05) is 18.2 Å². The van der Waals surface area contributed by atoms with Crippen molar-refractivity contribution in [3.05, 3.63) is 48.9 Å². The van der Waals surface area contributed by atoms with Crippen molar-refractivity contribution in [3.63, 3.8) is 0 Å². The lowest BCUT2D eigenvalue weighted by molar-refractivity contribution is 0.346. The predicted molar refractivity (Wildman–Crippen MR) is 74.9 cm³/mol. The van der Waals surface area contributed by atoms with Crippen LogP contribution in [0.4, 0.5) is 0 Å². The number of nitrogens with zero attached hydrogens (tertiary/aromatic N) is 3. The maximum Gasteiger partial charge on any atom is 0.140 e. The summed E-state index contributed by atoms with van der Waals surface area (Å²) in [7, 11) is 0. The summed E-state index contributed by atoms with van der Waals surface area (Å²) in [5, 5.41) is 4.46. The van der Waals surface area contributed by atoms with Crippen LogP contribution in [0, 0.1) is 0 Å². The topological polar surface area (TPSA) is 42.7 Å². The Labute approximate surface area is 111 Å². The van der Waals surface area contributed by atoms with Crippen molar-refractivity contribution in [3.8, 4) is 11.4 Å². The van der Waals surface area contributed by atoms with Crippen molar-refractivity contribution in [2.24, 2.45) is 0 Å². The fourth-order valence-corrected chi connectivity index (χ4v) is 2.58. The van der Waals surface area contributed by atoms with Gasteiger partial charge in [-0.05, 0) is 12.1 Å². The van der Waals surface area contributed by atoms with E-state index in [0.717, 1.165) is 35.4 Å². The Bertz CT molecular complexity index is 722. The van der Waals surface area contributed by atoms with Gasteiger partial charge in [0.15, 0.2) is 0 Å². The highest BCUT2D eigenvalue weighted by Crippen LogP contribution is 2.28. The van der Waals surface area contributed by atoms with E-state index in [1.165, 1.54) is 0 Å². The van der Waals surface area contributed by atoms with Crippen LogP contribution in [0.3, 0.4) is 0 Å². The molecule has 1 aliphatic rings. The summed E-state index contributed by atoms with van der Waals surface area (Å²) >= 11 is 0. The molecule has 3 aromatic rings. The third kappa shape index (κ3) is 1.64. The van der Waals surface area contributed by atoms with E-state index in [-0.39, 0.29) is 0 Å². The van der Waals surface area contributed by atoms with Gasteiger partial charge in [-0.25, -0.2) is 4.98 Å². The Balaban J connectivity index is 1.93. The molecule has 1 aliphatic heterocycles. The summed E-state index contributed by atoms with van der Waals surface area (Å²) in [6.45, 7) is 2.04. The lowest BCUT2D eigenvalue weighted by Crippen LogP contribution is -2.43. The molecule has 3 heterocycles. The summed E-state index contributed by atoms with van der Waals surface area (Å²) in [5.74, 6) is 1.03. The van der Waals surface area contributed by atoms with E-state index in [0.29, 0.717) is 6.04 Å². The van der Waals surface area contributed by atoms with E-state index in [1.807, 2.05) is 30.6 Å². The minimum atomic E-state index is 0.518. The summed E-state index contributed by atoms with van der Waals surface area (Å²) in [6.07, 6.45) is 5.77. The number of pyridine rings is 1. The quantitative estimate of drug-likeness (QED) is 0.758. The van der Waals surface area contributed by atoms with Crippen LogP contribution >= 0.6 is 0 Å². The van der Waals surface area contributed by atoms with E-state index < -0.39 is 0 Å². The van der Waals surface area contributed by atoms with Gasteiger partial charge in [0.05, 0.1) is 11.6 Å². The molecule has 1 fully saturated rings. The molecule has 2 aromatic heterocycles. The van der Waals surface area contributed by atoms with Crippen molar-refractivity contribution in [2.75, 3.05) is 13.1 Å². The molecule has 0 amide bonds. The van der Waals surface area contributed by atoms with Crippen molar-refractivity contribution in [1.82, 2.24) is 19.9 Å². The van der Waals surface area contributed by atoms with Crippen LogP contribution in [0.15, 0.2) is 48.9 Å². The van der Waals surface area contributed by atoms with Gasteiger partial charge in [-0.2, -0.15) is 0 Å². The summed E-state index contributed by atoms with van der Waals surface area (Å²) < 4.78 is 2.26. The smallest absolute Gasteiger partial charge is 0.140 e. The number of imidazole rings is 1. The Morgan fingerprint density at radius 1 is 1.05 bits per heavy atom. The molecule has 1 aromatic carbocycles. The first kappa shape index (κ1) is 10.7. The molecule has 94 valence electrons.